The summed E-state index contributed by atoms with van der Waals surface area (Å²) in [5, 5.41) is 1.98. The van der Waals surface area contributed by atoms with Crippen LogP contribution in [-0.4, -0.2) is 11.6 Å². The first kappa shape index (κ1) is 13.4. The molecule has 0 saturated heterocycles. The van der Waals surface area contributed by atoms with Gasteiger partial charge in [-0.1, -0.05) is 40.2 Å². The maximum absolute atomic E-state index is 12.6. The van der Waals surface area contributed by atoms with Gasteiger partial charge in [-0.3, -0.25) is 4.79 Å². The molecule has 0 aromatic heterocycles. The fourth-order valence-electron chi connectivity index (χ4n) is 3.90. The van der Waals surface area contributed by atoms with Crippen LogP contribution >= 0.6 is 15.9 Å². The molecule has 23 heavy (non-hydrogen) atoms. The quantitative estimate of drug-likeness (QED) is 0.640. The van der Waals surface area contributed by atoms with Crippen LogP contribution in [0.15, 0.2) is 59.1 Å². The monoisotopic (exact) mass is 368 g/mol. The van der Waals surface area contributed by atoms with Gasteiger partial charge in [-0.25, -0.2) is 0 Å². The first-order valence-electron chi connectivity index (χ1n) is 7.66. The normalized spacial score (nSPS) is 30.4. The number of benzene rings is 2. The van der Waals surface area contributed by atoms with Gasteiger partial charge in [0.15, 0.2) is 5.78 Å². The topological polar surface area (TPSA) is 35.5 Å². The molecule has 2 aromatic carbocycles. The van der Waals surface area contributed by atoms with Gasteiger partial charge in [0.25, 0.3) is 5.79 Å². The summed E-state index contributed by atoms with van der Waals surface area (Å²) < 4.78 is 13.6. The molecule has 0 radical (unpaired) electrons. The van der Waals surface area contributed by atoms with E-state index in [4.69, 9.17) is 9.47 Å². The van der Waals surface area contributed by atoms with Crippen LogP contribution < -0.4 is 9.47 Å². The lowest BCUT2D eigenvalue weighted by molar-refractivity contribution is -0.159. The number of hydrogen-bond donors (Lipinski definition) is 0. The van der Waals surface area contributed by atoms with Crippen molar-refractivity contribution in [3.8, 4) is 11.5 Å². The average Bonchev–Trinajstić information content (AvgIpc) is 3.15. The zero-order valence-electron chi connectivity index (χ0n) is 12.2. The van der Waals surface area contributed by atoms with Crippen LogP contribution in [0.25, 0.3) is 10.8 Å². The maximum atomic E-state index is 12.6. The average molecular weight is 369 g/mol. The minimum atomic E-state index is -1.08. The Hall–Kier alpha value is -2.07. The van der Waals surface area contributed by atoms with E-state index in [1.165, 1.54) is 0 Å². The molecule has 3 aliphatic rings. The third-order valence-electron chi connectivity index (χ3n) is 5.06. The second-order valence-electron chi connectivity index (χ2n) is 6.21. The van der Waals surface area contributed by atoms with Crippen molar-refractivity contribution >= 4 is 32.5 Å². The number of carbonyl (C=O) groups excluding carboxylic acids is 1. The summed E-state index contributed by atoms with van der Waals surface area (Å²) in [5.41, 5.74) is -0.750. The highest BCUT2D eigenvalue weighted by Crippen LogP contribution is 2.55. The van der Waals surface area contributed by atoms with Crippen LogP contribution in [0.1, 0.15) is 12.8 Å². The highest BCUT2D eigenvalue weighted by molar-refractivity contribution is 9.10. The molecular formula is C19H13BrO3. The van der Waals surface area contributed by atoms with E-state index >= 15 is 0 Å². The molecule has 0 fully saturated rings. The third-order valence-corrected chi connectivity index (χ3v) is 5.75. The van der Waals surface area contributed by atoms with Gasteiger partial charge in [-0.15, -0.1) is 0 Å². The standard InChI is InChI=1S/C19H13BrO3/c20-13-6-7-15-17-12(13)4-3-5-14(17)22-19(23-15)11-8-16(21)18(19)9-1-2-10-18/h1,3-9,11H,2,10H2/t18?,19-/m1/s1. The second kappa shape index (κ2) is 4.26. The van der Waals surface area contributed by atoms with E-state index in [0.717, 1.165) is 33.2 Å². The summed E-state index contributed by atoms with van der Waals surface area (Å²) in [7, 11) is 0. The second-order valence-corrected chi connectivity index (χ2v) is 7.06. The van der Waals surface area contributed by atoms with Crippen molar-refractivity contribution in [2.75, 3.05) is 0 Å². The molecule has 1 unspecified atom stereocenters. The predicted molar refractivity (Wildman–Crippen MR) is 90.6 cm³/mol. The molecule has 5 rings (SSSR count). The molecular weight excluding hydrogens is 356 g/mol. The Labute approximate surface area is 141 Å². The minimum Gasteiger partial charge on any atom is -0.447 e. The van der Waals surface area contributed by atoms with Crippen LogP contribution in [0.2, 0.25) is 0 Å². The van der Waals surface area contributed by atoms with Crippen LogP contribution in [0.5, 0.6) is 11.5 Å². The Kier molecular flexibility index (Phi) is 2.48. The fraction of sp³-hybridized carbons (Fsp3) is 0.211. The highest BCUT2D eigenvalue weighted by Gasteiger charge is 2.62. The fourth-order valence-corrected chi connectivity index (χ4v) is 4.37. The van der Waals surface area contributed by atoms with E-state index in [2.05, 4.69) is 15.9 Å². The van der Waals surface area contributed by atoms with E-state index in [1.807, 2.05) is 42.5 Å². The highest BCUT2D eigenvalue weighted by atomic mass is 79.9. The summed E-state index contributed by atoms with van der Waals surface area (Å²) in [6.07, 6.45) is 8.94. The van der Waals surface area contributed by atoms with Gasteiger partial charge in [0.2, 0.25) is 0 Å². The molecule has 0 saturated carbocycles. The summed E-state index contributed by atoms with van der Waals surface area (Å²) in [6, 6.07) is 9.83. The number of carbonyl (C=O) groups is 1. The summed E-state index contributed by atoms with van der Waals surface area (Å²) in [5.74, 6) is 0.485. The maximum Gasteiger partial charge on any atom is 0.287 e. The van der Waals surface area contributed by atoms with Crippen molar-refractivity contribution in [2.24, 2.45) is 5.41 Å². The van der Waals surface area contributed by atoms with Crippen molar-refractivity contribution in [1.82, 2.24) is 0 Å². The zero-order valence-corrected chi connectivity index (χ0v) is 13.8. The van der Waals surface area contributed by atoms with Crippen LogP contribution in [0, 0.1) is 5.41 Å². The van der Waals surface area contributed by atoms with Crippen molar-refractivity contribution in [1.29, 1.82) is 0 Å². The van der Waals surface area contributed by atoms with Crippen LogP contribution in [0.3, 0.4) is 0 Å². The molecule has 2 aromatic rings. The number of hydrogen-bond acceptors (Lipinski definition) is 3. The van der Waals surface area contributed by atoms with Gasteiger partial charge < -0.3 is 9.47 Å². The number of halogens is 1. The van der Waals surface area contributed by atoms with Gasteiger partial charge in [-0.05, 0) is 37.1 Å². The van der Waals surface area contributed by atoms with Crippen molar-refractivity contribution in [3.05, 3.63) is 59.1 Å². The Bertz CT molecular complexity index is 915. The largest absolute Gasteiger partial charge is 0.447 e. The molecule has 3 nitrogen and oxygen atoms in total. The molecule has 0 amide bonds. The lowest BCUT2D eigenvalue weighted by Gasteiger charge is -2.43. The molecule has 2 spiro atoms. The summed E-state index contributed by atoms with van der Waals surface area (Å²) >= 11 is 3.57. The van der Waals surface area contributed by atoms with Gasteiger partial charge in [-0.2, -0.15) is 0 Å². The van der Waals surface area contributed by atoms with Crippen molar-refractivity contribution < 1.29 is 14.3 Å². The van der Waals surface area contributed by atoms with E-state index in [9.17, 15) is 4.79 Å². The van der Waals surface area contributed by atoms with E-state index in [-0.39, 0.29) is 5.78 Å². The number of ketones is 1. The predicted octanol–water partition coefficient (Wildman–Crippen LogP) is 4.55. The smallest absolute Gasteiger partial charge is 0.287 e. The number of rotatable bonds is 0. The molecule has 2 aliphatic carbocycles. The van der Waals surface area contributed by atoms with E-state index in [1.54, 1.807) is 12.2 Å². The minimum absolute atomic E-state index is 0.0546. The summed E-state index contributed by atoms with van der Waals surface area (Å²) in [4.78, 5) is 12.6. The van der Waals surface area contributed by atoms with Crippen LogP contribution in [0.4, 0.5) is 0 Å². The van der Waals surface area contributed by atoms with Crippen LogP contribution in [-0.2, 0) is 4.79 Å². The molecule has 114 valence electrons. The lowest BCUT2D eigenvalue weighted by Crippen LogP contribution is -2.55. The Morgan fingerprint density at radius 2 is 1.87 bits per heavy atom. The number of ether oxygens (including phenoxy) is 2. The molecule has 4 heteroatoms. The molecule has 1 aliphatic heterocycles. The molecule has 2 atom stereocenters. The van der Waals surface area contributed by atoms with Crippen molar-refractivity contribution in [2.45, 2.75) is 18.6 Å². The number of fused-ring (bicyclic) bond motifs is 1. The molecule has 0 bridgehead atoms. The lowest BCUT2D eigenvalue weighted by atomic mass is 9.78. The Morgan fingerprint density at radius 3 is 2.65 bits per heavy atom. The van der Waals surface area contributed by atoms with Gasteiger partial charge >= 0.3 is 0 Å². The molecule has 1 heterocycles. The van der Waals surface area contributed by atoms with Crippen molar-refractivity contribution in [3.63, 3.8) is 0 Å². The summed E-state index contributed by atoms with van der Waals surface area (Å²) in [6.45, 7) is 0. The Balaban J connectivity index is 1.76. The van der Waals surface area contributed by atoms with Gasteiger partial charge in [0.05, 0.1) is 5.39 Å². The first-order valence-corrected chi connectivity index (χ1v) is 8.45. The van der Waals surface area contributed by atoms with E-state index in [0.29, 0.717) is 6.42 Å². The number of allylic oxidation sites excluding steroid dienone is 2. The van der Waals surface area contributed by atoms with Gasteiger partial charge in [0.1, 0.15) is 16.9 Å². The first-order chi connectivity index (χ1) is 11.2. The molecule has 0 N–H and O–H groups in total. The zero-order chi connectivity index (χ0) is 15.7. The van der Waals surface area contributed by atoms with Gasteiger partial charge in [0, 0.05) is 15.9 Å². The van der Waals surface area contributed by atoms with E-state index < -0.39 is 11.2 Å². The Morgan fingerprint density at radius 1 is 1.04 bits per heavy atom. The third kappa shape index (κ3) is 1.52. The SMILES string of the molecule is O=C1C=C[C@]2(Oc3cccc4c(Br)ccc(c34)O2)C12C=CCC2.